The van der Waals surface area contributed by atoms with Gasteiger partial charge in [-0.15, -0.1) is 0 Å². The van der Waals surface area contributed by atoms with E-state index in [0.29, 0.717) is 23.1 Å². The van der Waals surface area contributed by atoms with Gasteiger partial charge in [-0.2, -0.15) is 0 Å². The van der Waals surface area contributed by atoms with E-state index < -0.39 is 5.91 Å². The number of carbonyl (C=O) groups excluding carboxylic acids is 1. The second-order valence-electron chi connectivity index (χ2n) is 6.32. The Morgan fingerprint density at radius 3 is 2.36 bits per heavy atom. The molecule has 5 nitrogen and oxygen atoms in total. The SMILES string of the molecule is CC(C)C(N)c1ccc(Oc2ccc(C(N)=O)cn2)c2ccccc12. The largest absolute Gasteiger partial charge is 0.438 e. The van der Waals surface area contributed by atoms with Gasteiger partial charge in [-0.3, -0.25) is 4.79 Å². The second kappa shape index (κ2) is 6.91. The Morgan fingerprint density at radius 2 is 1.76 bits per heavy atom. The molecule has 0 spiro atoms. The van der Waals surface area contributed by atoms with Crippen molar-refractivity contribution in [2.24, 2.45) is 17.4 Å². The van der Waals surface area contributed by atoms with Gasteiger partial charge in [-0.25, -0.2) is 4.98 Å². The minimum atomic E-state index is -0.517. The highest BCUT2D eigenvalue weighted by Gasteiger charge is 2.16. The first-order chi connectivity index (χ1) is 12.0. The first-order valence-electron chi connectivity index (χ1n) is 8.18. The number of benzene rings is 2. The molecule has 1 heterocycles. The maximum Gasteiger partial charge on any atom is 0.250 e. The summed E-state index contributed by atoms with van der Waals surface area (Å²) in [6.45, 7) is 4.21. The molecule has 2 aromatic carbocycles. The number of ether oxygens (including phenoxy) is 1. The van der Waals surface area contributed by atoms with Gasteiger partial charge >= 0.3 is 0 Å². The van der Waals surface area contributed by atoms with Crippen molar-refractivity contribution in [3.8, 4) is 11.6 Å². The van der Waals surface area contributed by atoms with Gasteiger partial charge in [0.2, 0.25) is 11.8 Å². The quantitative estimate of drug-likeness (QED) is 0.742. The Labute approximate surface area is 146 Å². The first kappa shape index (κ1) is 16.9. The molecule has 3 rings (SSSR count). The highest BCUT2D eigenvalue weighted by Crippen LogP contribution is 2.34. The molecule has 1 atom stereocenters. The lowest BCUT2D eigenvalue weighted by Crippen LogP contribution is -2.17. The van der Waals surface area contributed by atoms with Crippen molar-refractivity contribution in [1.82, 2.24) is 4.98 Å². The molecule has 1 aromatic heterocycles. The van der Waals surface area contributed by atoms with Gasteiger partial charge in [0.1, 0.15) is 5.75 Å². The monoisotopic (exact) mass is 335 g/mol. The van der Waals surface area contributed by atoms with Gasteiger partial charge in [0.05, 0.1) is 5.56 Å². The van der Waals surface area contributed by atoms with Gasteiger partial charge in [-0.1, -0.05) is 44.2 Å². The number of pyridine rings is 1. The van der Waals surface area contributed by atoms with Crippen molar-refractivity contribution in [1.29, 1.82) is 0 Å². The molecule has 0 saturated heterocycles. The van der Waals surface area contributed by atoms with E-state index in [-0.39, 0.29) is 6.04 Å². The molecule has 0 aliphatic heterocycles. The van der Waals surface area contributed by atoms with Crippen LogP contribution in [0.2, 0.25) is 0 Å². The number of aromatic nitrogens is 1. The van der Waals surface area contributed by atoms with Crippen LogP contribution < -0.4 is 16.2 Å². The molecule has 0 fully saturated rings. The van der Waals surface area contributed by atoms with Crippen molar-refractivity contribution >= 4 is 16.7 Å². The van der Waals surface area contributed by atoms with Gasteiger partial charge in [0.15, 0.2) is 0 Å². The van der Waals surface area contributed by atoms with Crippen LogP contribution in [0.4, 0.5) is 0 Å². The highest BCUT2D eigenvalue weighted by molar-refractivity contribution is 5.93. The summed E-state index contributed by atoms with van der Waals surface area (Å²) in [4.78, 5) is 15.3. The van der Waals surface area contributed by atoms with Crippen LogP contribution in [-0.2, 0) is 0 Å². The summed E-state index contributed by atoms with van der Waals surface area (Å²) in [6, 6.07) is 15.1. The fourth-order valence-electron chi connectivity index (χ4n) is 2.73. The van der Waals surface area contributed by atoms with E-state index in [1.54, 1.807) is 12.1 Å². The lowest BCUT2D eigenvalue weighted by atomic mass is 9.92. The molecule has 1 unspecified atom stereocenters. The second-order valence-corrected chi connectivity index (χ2v) is 6.32. The van der Waals surface area contributed by atoms with Crippen molar-refractivity contribution < 1.29 is 9.53 Å². The Balaban J connectivity index is 2.00. The van der Waals surface area contributed by atoms with Crippen molar-refractivity contribution in [2.75, 3.05) is 0 Å². The predicted octanol–water partition coefficient (Wildman–Crippen LogP) is 3.78. The summed E-state index contributed by atoms with van der Waals surface area (Å²) >= 11 is 0. The number of carbonyl (C=O) groups is 1. The molecule has 0 bridgehead atoms. The number of rotatable bonds is 5. The van der Waals surface area contributed by atoms with Crippen molar-refractivity contribution in [3.63, 3.8) is 0 Å². The molecule has 0 aliphatic carbocycles. The van der Waals surface area contributed by atoms with Gasteiger partial charge in [0, 0.05) is 23.7 Å². The zero-order chi connectivity index (χ0) is 18.0. The van der Waals surface area contributed by atoms with Crippen LogP contribution in [-0.4, -0.2) is 10.9 Å². The van der Waals surface area contributed by atoms with E-state index in [9.17, 15) is 4.79 Å². The lowest BCUT2D eigenvalue weighted by molar-refractivity contribution is 0.1000. The Bertz CT molecular complexity index is 904. The van der Waals surface area contributed by atoms with Gasteiger partial charge in [0.25, 0.3) is 0 Å². The number of fused-ring (bicyclic) bond motifs is 1. The average Bonchev–Trinajstić information content (AvgIpc) is 2.62. The van der Waals surface area contributed by atoms with Crippen LogP contribution in [0.3, 0.4) is 0 Å². The van der Waals surface area contributed by atoms with Crippen molar-refractivity contribution in [3.05, 3.63) is 65.9 Å². The average molecular weight is 335 g/mol. The maximum absolute atomic E-state index is 11.1. The zero-order valence-electron chi connectivity index (χ0n) is 14.3. The normalized spacial score (nSPS) is 12.3. The van der Waals surface area contributed by atoms with E-state index in [0.717, 1.165) is 16.3 Å². The Hall–Kier alpha value is -2.92. The molecule has 25 heavy (non-hydrogen) atoms. The number of primary amides is 1. The zero-order valence-corrected chi connectivity index (χ0v) is 14.3. The summed E-state index contributed by atoms with van der Waals surface area (Å²) in [7, 11) is 0. The smallest absolute Gasteiger partial charge is 0.250 e. The standard InChI is InChI=1S/C20H21N3O2/c1-12(2)19(21)16-8-9-17(15-6-4-3-5-14(15)16)25-18-10-7-13(11-23-18)20(22)24/h3-12,19H,21H2,1-2H3,(H2,22,24). The fraction of sp³-hybridized carbons (Fsp3) is 0.200. The van der Waals surface area contributed by atoms with Crippen LogP contribution in [0.1, 0.15) is 35.8 Å². The number of nitrogens with two attached hydrogens (primary N) is 2. The lowest BCUT2D eigenvalue weighted by Gasteiger charge is -2.19. The third-order valence-corrected chi connectivity index (χ3v) is 4.23. The number of hydrogen-bond acceptors (Lipinski definition) is 4. The van der Waals surface area contributed by atoms with E-state index in [1.165, 1.54) is 6.20 Å². The summed E-state index contributed by atoms with van der Waals surface area (Å²) in [5.41, 5.74) is 13.0. The van der Waals surface area contributed by atoms with Crippen LogP contribution >= 0.6 is 0 Å². The number of hydrogen-bond donors (Lipinski definition) is 2. The number of amides is 1. The minimum absolute atomic E-state index is 0.0491. The van der Waals surface area contributed by atoms with E-state index in [2.05, 4.69) is 18.8 Å². The van der Waals surface area contributed by atoms with Gasteiger partial charge < -0.3 is 16.2 Å². The first-order valence-corrected chi connectivity index (χ1v) is 8.18. The Kier molecular flexibility index (Phi) is 4.67. The van der Waals surface area contributed by atoms with E-state index >= 15 is 0 Å². The molecular weight excluding hydrogens is 314 g/mol. The minimum Gasteiger partial charge on any atom is -0.438 e. The molecule has 0 radical (unpaired) electrons. The topological polar surface area (TPSA) is 91.2 Å². The fourth-order valence-corrected chi connectivity index (χ4v) is 2.73. The summed E-state index contributed by atoms with van der Waals surface area (Å²) in [6.07, 6.45) is 1.41. The molecule has 3 aromatic rings. The molecule has 4 N–H and O–H groups in total. The Morgan fingerprint density at radius 1 is 1.04 bits per heavy atom. The summed E-state index contributed by atoms with van der Waals surface area (Å²) in [5, 5.41) is 2.03. The highest BCUT2D eigenvalue weighted by atomic mass is 16.5. The van der Waals surface area contributed by atoms with Crippen molar-refractivity contribution in [2.45, 2.75) is 19.9 Å². The third-order valence-electron chi connectivity index (χ3n) is 4.23. The van der Waals surface area contributed by atoms with Crippen LogP contribution in [0, 0.1) is 5.92 Å². The summed E-state index contributed by atoms with van der Waals surface area (Å²) in [5.74, 6) is 0.903. The molecule has 0 aliphatic rings. The van der Waals surface area contributed by atoms with Gasteiger partial charge in [-0.05, 0) is 29.0 Å². The number of nitrogens with zero attached hydrogens (tertiary/aromatic N) is 1. The summed E-state index contributed by atoms with van der Waals surface area (Å²) < 4.78 is 5.92. The third kappa shape index (κ3) is 3.46. The molecule has 5 heteroatoms. The molecular formula is C20H21N3O2. The maximum atomic E-state index is 11.1. The van der Waals surface area contributed by atoms with Crippen LogP contribution in [0.15, 0.2) is 54.7 Å². The van der Waals surface area contributed by atoms with Crippen LogP contribution in [0.25, 0.3) is 10.8 Å². The molecule has 0 saturated carbocycles. The molecule has 1 amide bonds. The van der Waals surface area contributed by atoms with E-state index in [1.807, 2.05) is 36.4 Å². The van der Waals surface area contributed by atoms with E-state index in [4.69, 9.17) is 16.2 Å². The predicted molar refractivity (Wildman–Crippen MR) is 98.5 cm³/mol. The molecule has 128 valence electrons. The van der Waals surface area contributed by atoms with Crippen LogP contribution in [0.5, 0.6) is 11.6 Å².